The molecule has 6 heteroatoms. The smallest absolute Gasteiger partial charge is 0.407 e. The second-order valence-electron chi connectivity index (χ2n) is 5.01. The Morgan fingerprint density at radius 3 is 2.17 bits per heavy atom. The molecular weight excluding hydrogens is 236 g/mol. The quantitative estimate of drug-likeness (QED) is 0.531. The maximum Gasteiger partial charge on any atom is 0.407 e. The molecule has 0 heterocycles. The van der Waals surface area contributed by atoms with Gasteiger partial charge in [-0.1, -0.05) is 0 Å². The first-order valence-corrected chi connectivity index (χ1v) is 6.06. The molecule has 108 valence electrons. The van der Waals surface area contributed by atoms with Gasteiger partial charge in [0.15, 0.2) is 6.29 Å². The van der Waals surface area contributed by atoms with Crippen LogP contribution in [0.25, 0.3) is 0 Å². The summed E-state index contributed by atoms with van der Waals surface area (Å²) in [5.41, 5.74) is -0.470. The number of alkyl carbamates (subject to hydrolysis) is 1. The molecule has 0 saturated carbocycles. The molecule has 1 unspecified atom stereocenters. The van der Waals surface area contributed by atoms with Crippen LogP contribution in [0.15, 0.2) is 0 Å². The molecule has 0 bridgehead atoms. The van der Waals surface area contributed by atoms with Gasteiger partial charge in [-0.2, -0.15) is 0 Å². The molecular formula is C12H26N2O4. The highest BCUT2D eigenvalue weighted by Crippen LogP contribution is 2.06. The van der Waals surface area contributed by atoms with Crippen LogP contribution in [0.2, 0.25) is 0 Å². The first-order valence-electron chi connectivity index (χ1n) is 6.06. The molecule has 0 rings (SSSR count). The van der Waals surface area contributed by atoms with Gasteiger partial charge in [0.1, 0.15) is 5.60 Å². The number of hydrogen-bond acceptors (Lipinski definition) is 5. The van der Waals surface area contributed by atoms with Crippen molar-refractivity contribution in [3.05, 3.63) is 0 Å². The highest BCUT2D eigenvalue weighted by atomic mass is 16.7. The third kappa shape index (κ3) is 8.27. The molecule has 1 amide bonds. The Bertz CT molecular complexity index is 237. The van der Waals surface area contributed by atoms with E-state index in [1.54, 1.807) is 14.2 Å². The number of rotatable bonds is 7. The Kier molecular flexibility index (Phi) is 7.90. The molecule has 0 spiro atoms. The van der Waals surface area contributed by atoms with Gasteiger partial charge >= 0.3 is 6.09 Å². The van der Waals surface area contributed by atoms with E-state index < -0.39 is 11.7 Å². The van der Waals surface area contributed by atoms with Gasteiger partial charge in [-0.3, -0.25) is 0 Å². The topological polar surface area (TPSA) is 68.8 Å². The Morgan fingerprint density at radius 2 is 1.72 bits per heavy atom. The largest absolute Gasteiger partial charge is 0.444 e. The van der Waals surface area contributed by atoms with E-state index in [9.17, 15) is 4.79 Å². The van der Waals surface area contributed by atoms with Crippen LogP contribution in [0, 0.1) is 0 Å². The highest BCUT2D eigenvalue weighted by molar-refractivity contribution is 5.67. The Morgan fingerprint density at radius 1 is 1.17 bits per heavy atom. The lowest BCUT2D eigenvalue weighted by atomic mass is 10.2. The highest BCUT2D eigenvalue weighted by Gasteiger charge is 2.16. The van der Waals surface area contributed by atoms with Crippen molar-refractivity contribution < 1.29 is 19.0 Å². The van der Waals surface area contributed by atoms with Crippen LogP contribution in [0.4, 0.5) is 4.79 Å². The van der Waals surface area contributed by atoms with E-state index in [0.29, 0.717) is 13.1 Å². The fraction of sp³-hybridized carbons (Fsp3) is 0.917. The van der Waals surface area contributed by atoms with E-state index in [0.717, 1.165) is 0 Å². The van der Waals surface area contributed by atoms with Crippen molar-refractivity contribution in [3.8, 4) is 0 Å². The molecule has 2 N–H and O–H groups in total. The molecule has 0 aromatic rings. The first-order chi connectivity index (χ1) is 8.30. The van der Waals surface area contributed by atoms with Crippen LogP contribution in [0.5, 0.6) is 0 Å². The monoisotopic (exact) mass is 262 g/mol. The van der Waals surface area contributed by atoms with Crippen molar-refractivity contribution in [3.63, 3.8) is 0 Å². The summed E-state index contributed by atoms with van der Waals surface area (Å²) in [4.78, 5) is 11.3. The van der Waals surface area contributed by atoms with Gasteiger partial charge in [-0.15, -0.1) is 0 Å². The predicted molar refractivity (Wildman–Crippen MR) is 69.5 cm³/mol. The summed E-state index contributed by atoms with van der Waals surface area (Å²) in [7, 11) is 3.18. The second kappa shape index (κ2) is 8.29. The second-order valence-corrected chi connectivity index (χ2v) is 5.01. The summed E-state index contributed by atoms with van der Waals surface area (Å²) >= 11 is 0. The van der Waals surface area contributed by atoms with Gasteiger partial charge in [-0.05, 0) is 27.7 Å². The predicted octanol–water partition coefficient (Wildman–Crippen LogP) is 1.11. The summed E-state index contributed by atoms with van der Waals surface area (Å²) in [5, 5.41) is 5.85. The van der Waals surface area contributed by atoms with Gasteiger partial charge in [0.05, 0.1) is 6.04 Å². The van der Waals surface area contributed by atoms with Crippen LogP contribution in [0.1, 0.15) is 27.7 Å². The number of nitrogens with one attached hydrogen (secondary N) is 2. The average molecular weight is 262 g/mol. The van der Waals surface area contributed by atoms with E-state index >= 15 is 0 Å². The van der Waals surface area contributed by atoms with Crippen LogP contribution < -0.4 is 10.6 Å². The fourth-order valence-corrected chi connectivity index (χ4v) is 1.38. The first kappa shape index (κ1) is 17.2. The summed E-state index contributed by atoms with van der Waals surface area (Å²) in [6.07, 6.45) is -0.710. The lowest BCUT2D eigenvalue weighted by Gasteiger charge is -2.23. The summed E-state index contributed by atoms with van der Waals surface area (Å²) in [6.45, 7) is 8.53. The number of carbonyl (C=O) groups excluding carboxylic acids is 1. The minimum atomic E-state index is -0.470. The molecule has 6 nitrogen and oxygen atoms in total. The van der Waals surface area contributed by atoms with Gasteiger partial charge in [0.25, 0.3) is 0 Å². The van der Waals surface area contributed by atoms with Gasteiger partial charge in [0.2, 0.25) is 0 Å². The Hall–Kier alpha value is -0.850. The Balaban J connectivity index is 3.70. The third-order valence-electron chi connectivity index (χ3n) is 2.13. The Labute approximate surface area is 109 Å². The van der Waals surface area contributed by atoms with Crippen LogP contribution in [0.3, 0.4) is 0 Å². The van der Waals surface area contributed by atoms with Crippen molar-refractivity contribution >= 4 is 6.09 Å². The maximum atomic E-state index is 11.3. The molecule has 0 aliphatic carbocycles. The molecule has 0 aromatic heterocycles. The number of ether oxygens (including phenoxy) is 3. The van der Waals surface area contributed by atoms with Crippen molar-refractivity contribution in [1.29, 1.82) is 0 Å². The van der Waals surface area contributed by atoms with E-state index in [1.165, 1.54) is 0 Å². The molecule has 1 atom stereocenters. The summed E-state index contributed by atoms with van der Waals surface area (Å²) in [6, 6.07) is 0.0421. The number of hydrogen-bond donors (Lipinski definition) is 2. The van der Waals surface area contributed by atoms with E-state index in [2.05, 4.69) is 10.6 Å². The third-order valence-corrected chi connectivity index (χ3v) is 2.13. The molecule has 0 radical (unpaired) electrons. The van der Waals surface area contributed by atoms with Crippen molar-refractivity contribution in [2.45, 2.75) is 45.6 Å². The van der Waals surface area contributed by atoms with Gasteiger partial charge < -0.3 is 24.8 Å². The van der Waals surface area contributed by atoms with Gasteiger partial charge in [0, 0.05) is 27.3 Å². The number of amides is 1. The molecule has 0 fully saturated rings. The van der Waals surface area contributed by atoms with E-state index in [-0.39, 0.29) is 12.3 Å². The zero-order valence-electron chi connectivity index (χ0n) is 12.2. The zero-order valence-corrected chi connectivity index (χ0v) is 12.2. The lowest BCUT2D eigenvalue weighted by Crippen LogP contribution is -2.43. The normalized spacial score (nSPS) is 13.5. The fourth-order valence-electron chi connectivity index (χ4n) is 1.38. The zero-order chi connectivity index (χ0) is 14.2. The van der Waals surface area contributed by atoms with Crippen LogP contribution in [-0.2, 0) is 14.2 Å². The van der Waals surface area contributed by atoms with E-state index in [4.69, 9.17) is 14.2 Å². The van der Waals surface area contributed by atoms with Crippen LogP contribution in [-0.4, -0.2) is 51.3 Å². The SMILES string of the molecule is COC(OC)C(C)NCCNC(=O)OC(C)(C)C. The van der Waals surface area contributed by atoms with Crippen LogP contribution >= 0.6 is 0 Å². The molecule has 0 aliphatic rings. The summed E-state index contributed by atoms with van der Waals surface area (Å²) < 4.78 is 15.3. The standard InChI is InChI=1S/C12H26N2O4/c1-9(10(16-5)17-6)13-7-8-14-11(15)18-12(2,3)4/h9-10,13H,7-8H2,1-6H3,(H,14,15). The van der Waals surface area contributed by atoms with Crippen molar-refractivity contribution in [2.24, 2.45) is 0 Å². The number of methoxy groups -OCH3 is 2. The maximum absolute atomic E-state index is 11.3. The van der Waals surface area contributed by atoms with Crippen molar-refractivity contribution in [1.82, 2.24) is 10.6 Å². The average Bonchev–Trinajstić information content (AvgIpc) is 2.23. The molecule has 0 aliphatic heterocycles. The minimum Gasteiger partial charge on any atom is -0.444 e. The van der Waals surface area contributed by atoms with Gasteiger partial charge in [-0.25, -0.2) is 4.79 Å². The minimum absolute atomic E-state index is 0.0421. The molecule has 0 aromatic carbocycles. The molecule has 0 saturated heterocycles. The summed E-state index contributed by atoms with van der Waals surface area (Å²) in [5.74, 6) is 0. The van der Waals surface area contributed by atoms with E-state index in [1.807, 2.05) is 27.7 Å². The molecule has 18 heavy (non-hydrogen) atoms. The van der Waals surface area contributed by atoms with Crippen molar-refractivity contribution in [2.75, 3.05) is 27.3 Å². The lowest BCUT2D eigenvalue weighted by molar-refractivity contribution is -0.119. The number of carbonyl (C=O) groups is 1.